The Morgan fingerprint density at radius 2 is 2.20 bits per heavy atom. The number of aromatic nitrogens is 2. The summed E-state index contributed by atoms with van der Waals surface area (Å²) in [6, 6.07) is 5.25. The van der Waals surface area contributed by atoms with Crippen molar-refractivity contribution >= 4 is 33.6 Å². The molecule has 0 saturated carbocycles. The molecule has 6 heteroatoms. The molecule has 0 bridgehead atoms. The monoisotopic (exact) mass is 271 g/mol. The van der Waals surface area contributed by atoms with Crippen LogP contribution in [0.4, 0.5) is 5.69 Å². The standard InChI is InChI=1S/C14H13N3O3/c1-3-17-7-15-10-6-13-9(5-12(10)17)4-11(14(19)20-13)16-8(2)18/h4-7H,3H2,1-2H3,(H,16,18). The summed E-state index contributed by atoms with van der Waals surface area (Å²) in [5, 5.41) is 3.21. The molecule has 0 fully saturated rings. The SMILES string of the molecule is CCn1cnc2cc3oc(=O)c(NC(C)=O)cc3cc21. The molecule has 1 amide bonds. The Hall–Kier alpha value is -2.63. The number of rotatable bonds is 2. The summed E-state index contributed by atoms with van der Waals surface area (Å²) in [6.07, 6.45) is 1.75. The summed E-state index contributed by atoms with van der Waals surface area (Å²) in [6.45, 7) is 4.18. The van der Waals surface area contributed by atoms with E-state index in [-0.39, 0.29) is 11.6 Å². The van der Waals surface area contributed by atoms with Crippen LogP contribution in [0, 0.1) is 0 Å². The number of nitrogens with zero attached hydrogens (tertiary/aromatic N) is 2. The number of carbonyl (C=O) groups excluding carboxylic acids is 1. The molecule has 0 aliphatic carbocycles. The van der Waals surface area contributed by atoms with Gasteiger partial charge in [0, 0.05) is 24.9 Å². The van der Waals surface area contributed by atoms with E-state index in [2.05, 4.69) is 10.3 Å². The highest BCUT2D eigenvalue weighted by atomic mass is 16.4. The molecule has 1 aromatic carbocycles. The minimum Gasteiger partial charge on any atom is -0.421 e. The summed E-state index contributed by atoms with van der Waals surface area (Å²) < 4.78 is 7.22. The Labute approximate surface area is 114 Å². The summed E-state index contributed by atoms with van der Waals surface area (Å²) in [4.78, 5) is 27.1. The molecule has 0 aliphatic heterocycles. The molecule has 0 spiro atoms. The quantitative estimate of drug-likeness (QED) is 0.724. The second-order valence-electron chi connectivity index (χ2n) is 4.54. The zero-order valence-corrected chi connectivity index (χ0v) is 11.1. The first-order valence-corrected chi connectivity index (χ1v) is 6.29. The lowest BCUT2D eigenvalue weighted by atomic mass is 10.2. The molecule has 0 atom stereocenters. The van der Waals surface area contributed by atoms with Gasteiger partial charge < -0.3 is 14.3 Å². The van der Waals surface area contributed by atoms with Crippen molar-refractivity contribution in [3.8, 4) is 0 Å². The first-order chi connectivity index (χ1) is 9.58. The van der Waals surface area contributed by atoms with Crippen LogP contribution in [-0.4, -0.2) is 15.5 Å². The second-order valence-corrected chi connectivity index (χ2v) is 4.54. The summed E-state index contributed by atoms with van der Waals surface area (Å²) >= 11 is 0. The van der Waals surface area contributed by atoms with E-state index in [0.717, 1.165) is 23.0 Å². The number of nitrogens with one attached hydrogen (secondary N) is 1. The number of anilines is 1. The number of hydrogen-bond acceptors (Lipinski definition) is 4. The van der Waals surface area contributed by atoms with Crippen LogP contribution in [0.1, 0.15) is 13.8 Å². The van der Waals surface area contributed by atoms with E-state index in [9.17, 15) is 9.59 Å². The minimum atomic E-state index is -0.568. The highest BCUT2D eigenvalue weighted by molar-refractivity contribution is 5.95. The maximum atomic E-state index is 11.8. The molecule has 3 aromatic rings. The first-order valence-electron chi connectivity index (χ1n) is 6.29. The van der Waals surface area contributed by atoms with Gasteiger partial charge in [0.1, 0.15) is 11.3 Å². The number of benzene rings is 1. The van der Waals surface area contributed by atoms with E-state index in [1.807, 2.05) is 17.6 Å². The average Bonchev–Trinajstić information content (AvgIpc) is 2.78. The average molecular weight is 271 g/mol. The molecule has 20 heavy (non-hydrogen) atoms. The Morgan fingerprint density at radius 3 is 2.90 bits per heavy atom. The number of amides is 1. The van der Waals surface area contributed by atoms with Crippen LogP contribution < -0.4 is 10.9 Å². The maximum Gasteiger partial charge on any atom is 0.360 e. The van der Waals surface area contributed by atoms with Crippen molar-refractivity contribution in [2.75, 3.05) is 5.32 Å². The Morgan fingerprint density at radius 1 is 1.40 bits per heavy atom. The van der Waals surface area contributed by atoms with Crippen molar-refractivity contribution < 1.29 is 9.21 Å². The van der Waals surface area contributed by atoms with E-state index in [0.29, 0.717) is 5.58 Å². The fourth-order valence-electron chi connectivity index (χ4n) is 2.20. The van der Waals surface area contributed by atoms with Gasteiger partial charge in [-0.2, -0.15) is 0 Å². The molecule has 6 nitrogen and oxygen atoms in total. The zero-order chi connectivity index (χ0) is 14.3. The highest BCUT2D eigenvalue weighted by Gasteiger charge is 2.10. The normalized spacial score (nSPS) is 11.1. The third-order valence-corrected chi connectivity index (χ3v) is 3.13. The van der Waals surface area contributed by atoms with Gasteiger partial charge in [-0.05, 0) is 19.1 Å². The lowest BCUT2D eigenvalue weighted by molar-refractivity contribution is -0.114. The van der Waals surface area contributed by atoms with Crippen molar-refractivity contribution in [1.82, 2.24) is 9.55 Å². The zero-order valence-electron chi connectivity index (χ0n) is 11.1. The molecular formula is C14H13N3O3. The predicted molar refractivity (Wildman–Crippen MR) is 75.8 cm³/mol. The molecule has 102 valence electrons. The van der Waals surface area contributed by atoms with Gasteiger partial charge in [-0.25, -0.2) is 9.78 Å². The maximum absolute atomic E-state index is 11.8. The van der Waals surface area contributed by atoms with Crippen LogP contribution in [0.15, 0.2) is 33.7 Å². The van der Waals surface area contributed by atoms with Crippen molar-refractivity contribution in [2.24, 2.45) is 0 Å². The number of carbonyl (C=O) groups is 1. The summed E-state index contributed by atoms with van der Waals surface area (Å²) in [5.41, 5.74) is 1.77. The Kier molecular flexibility index (Phi) is 2.78. The van der Waals surface area contributed by atoms with Gasteiger partial charge in [0.15, 0.2) is 0 Å². The van der Waals surface area contributed by atoms with E-state index in [1.54, 1.807) is 18.5 Å². The fourth-order valence-corrected chi connectivity index (χ4v) is 2.20. The molecular weight excluding hydrogens is 258 g/mol. The summed E-state index contributed by atoms with van der Waals surface area (Å²) in [5.74, 6) is -0.309. The van der Waals surface area contributed by atoms with Crippen molar-refractivity contribution in [3.63, 3.8) is 0 Å². The molecule has 0 radical (unpaired) electrons. The molecule has 3 rings (SSSR count). The van der Waals surface area contributed by atoms with Crippen LogP contribution in [0.25, 0.3) is 22.0 Å². The third-order valence-electron chi connectivity index (χ3n) is 3.13. The summed E-state index contributed by atoms with van der Waals surface area (Å²) in [7, 11) is 0. The van der Waals surface area contributed by atoms with Gasteiger partial charge in [0.25, 0.3) is 0 Å². The van der Waals surface area contributed by atoms with Crippen LogP contribution in [-0.2, 0) is 11.3 Å². The second kappa shape index (κ2) is 4.48. The molecule has 1 N–H and O–H groups in total. The fraction of sp³-hybridized carbons (Fsp3) is 0.214. The molecule has 2 heterocycles. The van der Waals surface area contributed by atoms with Crippen LogP contribution >= 0.6 is 0 Å². The lowest BCUT2D eigenvalue weighted by Gasteiger charge is -2.04. The molecule has 0 unspecified atom stereocenters. The molecule has 0 aliphatic rings. The van der Waals surface area contributed by atoms with Gasteiger partial charge >= 0.3 is 5.63 Å². The smallest absolute Gasteiger partial charge is 0.360 e. The molecule has 0 saturated heterocycles. The van der Waals surface area contributed by atoms with E-state index >= 15 is 0 Å². The van der Waals surface area contributed by atoms with Gasteiger partial charge in [0.2, 0.25) is 5.91 Å². The minimum absolute atomic E-state index is 0.145. The largest absolute Gasteiger partial charge is 0.421 e. The predicted octanol–water partition coefficient (Wildman–Crippen LogP) is 2.12. The van der Waals surface area contributed by atoms with Crippen LogP contribution in [0.3, 0.4) is 0 Å². The topological polar surface area (TPSA) is 77.1 Å². The van der Waals surface area contributed by atoms with Crippen LogP contribution in [0.2, 0.25) is 0 Å². The van der Waals surface area contributed by atoms with Gasteiger partial charge in [-0.3, -0.25) is 4.79 Å². The Balaban J connectivity index is 2.28. The van der Waals surface area contributed by atoms with Crippen molar-refractivity contribution in [1.29, 1.82) is 0 Å². The number of fused-ring (bicyclic) bond motifs is 2. The first kappa shape index (κ1) is 12.4. The van der Waals surface area contributed by atoms with Crippen molar-refractivity contribution in [2.45, 2.75) is 20.4 Å². The van der Waals surface area contributed by atoms with Crippen molar-refractivity contribution in [3.05, 3.63) is 34.9 Å². The highest BCUT2D eigenvalue weighted by Crippen LogP contribution is 2.23. The number of imidazole rings is 1. The number of hydrogen-bond donors (Lipinski definition) is 1. The van der Waals surface area contributed by atoms with Crippen LogP contribution in [0.5, 0.6) is 0 Å². The number of aryl methyl sites for hydroxylation is 1. The Bertz CT molecular complexity index is 876. The van der Waals surface area contributed by atoms with Gasteiger partial charge in [-0.1, -0.05) is 0 Å². The molecule has 2 aromatic heterocycles. The van der Waals surface area contributed by atoms with E-state index in [1.165, 1.54) is 6.92 Å². The lowest BCUT2D eigenvalue weighted by Crippen LogP contribution is -2.14. The van der Waals surface area contributed by atoms with E-state index < -0.39 is 5.63 Å². The van der Waals surface area contributed by atoms with E-state index in [4.69, 9.17) is 4.42 Å². The third kappa shape index (κ3) is 1.95. The van der Waals surface area contributed by atoms with Gasteiger partial charge in [-0.15, -0.1) is 0 Å². The van der Waals surface area contributed by atoms with Gasteiger partial charge in [0.05, 0.1) is 17.4 Å².